The number of fused-ring (bicyclic) bond motifs is 1. The van der Waals surface area contributed by atoms with Gasteiger partial charge in [0.1, 0.15) is 11.6 Å². The largest absolute Gasteiger partial charge is 0.403 e. The Hall–Kier alpha value is -3.83. The molecule has 6 rings (SSSR count). The summed E-state index contributed by atoms with van der Waals surface area (Å²) in [6.07, 6.45) is 7.29. The van der Waals surface area contributed by atoms with Gasteiger partial charge < -0.3 is 9.62 Å². The van der Waals surface area contributed by atoms with Crippen molar-refractivity contribution in [2.45, 2.75) is 0 Å². The van der Waals surface area contributed by atoms with Crippen LogP contribution < -0.4 is 9.62 Å². The second-order valence-electron chi connectivity index (χ2n) is 7.58. The van der Waals surface area contributed by atoms with Gasteiger partial charge in [-0.05, 0) is 60.7 Å². The van der Waals surface area contributed by atoms with Gasteiger partial charge in [-0.2, -0.15) is 0 Å². The summed E-state index contributed by atoms with van der Waals surface area (Å²) in [6, 6.07) is 28.1. The van der Waals surface area contributed by atoms with Crippen LogP contribution in [-0.4, -0.2) is 27.5 Å². The van der Waals surface area contributed by atoms with Crippen LogP contribution in [0.1, 0.15) is 0 Å². The average molecular weight is 620 g/mol. The van der Waals surface area contributed by atoms with Crippen LogP contribution in [0.2, 0.25) is 0 Å². The third kappa shape index (κ3) is 4.11. The number of pyridine rings is 4. The molecule has 8 heteroatoms. The van der Waals surface area contributed by atoms with E-state index in [1.54, 1.807) is 12.4 Å². The maximum Gasteiger partial charge on any atom is 0.403 e. The summed E-state index contributed by atoms with van der Waals surface area (Å²) in [7, 11) is 2.02. The normalized spacial score (nSPS) is 12.0. The number of benzene rings is 1. The van der Waals surface area contributed by atoms with Gasteiger partial charge in [-0.3, -0.25) is 9.97 Å². The molecule has 34 heavy (non-hydrogen) atoms. The van der Waals surface area contributed by atoms with Crippen LogP contribution in [-0.2, 0) is 21.1 Å². The molecule has 0 aliphatic carbocycles. The van der Waals surface area contributed by atoms with E-state index in [1.807, 2.05) is 92.7 Å². The number of hydrogen-bond acceptors (Lipinski definition) is 6. The van der Waals surface area contributed by atoms with Crippen molar-refractivity contribution >= 4 is 30.6 Å². The van der Waals surface area contributed by atoms with E-state index in [0.717, 1.165) is 45.5 Å². The first kappa shape index (κ1) is 22.0. The number of para-hydroxylation sites is 2. The Balaban J connectivity index is 0.00000241. The van der Waals surface area contributed by atoms with E-state index in [9.17, 15) is 0 Å². The quantitative estimate of drug-likeness (QED) is 0.250. The van der Waals surface area contributed by atoms with Crippen molar-refractivity contribution in [3.8, 4) is 22.5 Å². The van der Waals surface area contributed by atoms with Gasteiger partial charge >= 0.3 is 7.55 Å². The van der Waals surface area contributed by atoms with Crippen LogP contribution in [0.15, 0.2) is 110 Å². The SMILES string of the molecule is [B]1N(c2ccc(-c3ccccn3)cn2)c2ccccc2N1c1ccc(-c2ccccn2)cn1.[Pt]. The molecule has 4 aromatic heterocycles. The molecule has 0 N–H and O–H groups in total. The van der Waals surface area contributed by atoms with Crippen molar-refractivity contribution in [2.75, 3.05) is 9.62 Å². The van der Waals surface area contributed by atoms with Crippen molar-refractivity contribution in [1.82, 2.24) is 19.9 Å². The number of hydrogen-bond donors (Lipinski definition) is 0. The third-order valence-electron chi connectivity index (χ3n) is 5.54. The van der Waals surface area contributed by atoms with E-state index in [-0.39, 0.29) is 21.1 Å². The first-order valence-corrected chi connectivity index (χ1v) is 10.6. The van der Waals surface area contributed by atoms with Gasteiger partial charge in [0.25, 0.3) is 0 Å². The zero-order chi connectivity index (χ0) is 22.0. The minimum Gasteiger partial charge on any atom is -0.351 e. The zero-order valence-corrected chi connectivity index (χ0v) is 20.2. The fraction of sp³-hybridized carbons (Fsp3) is 0. The Morgan fingerprint density at radius 3 is 1.35 bits per heavy atom. The Bertz CT molecular complexity index is 1270. The van der Waals surface area contributed by atoms with Crippen molar-refractivity contribution < 1.29 is 21.1 Å². The molecule has 0 amide bonds. The molecule has 0 spiro atoms. The number of aromatic nitrogens is 4. The first-order valence-electron chi connectivity index (χ1n) is 10.6. The average Bonchev–Trinajstić information content (AvgIpc) is 3.30. The van der Waals surface area contributed by atoms with Crippen LogP contribution in [0.25, 0.3) is 22.5 Å². The minimum atomic E-state index is 0. The monoisotopic (exact) mass is 620 g/mol. The van der Waals surface area contributed by atoms with E-state index in [2.05, 4.69) is 31.7 Å². The molecule has 0 atom stereocenters. The van der Waals surface area contributed by atoms with Gasteiger partial charge in [-0.15, -0.1) is 0 Å². The molecule has 1 aliphatic rings. The first-order chi connectivity index (χ1) is 16.4. The fourth-order valence-electron chi connectivity index (χ4n) is 3.90. The van der Waals surface area contributed by atoms with E-state index in [0.29, 0.717) is 0 Å². The van der Waals surface area contributed by atoms with Crippen molar-refractivity contribution in [3.63, 3.8) is 0 Å². The van der Waals surface area contributed by atoms with E-state index in [4.69, 9.17) is 9.97 Å². The maximum atomic E-state index is 4.72. The third-order valence-corrected chi connectivity index (χ3v) is 5.54. The molecule has 0 bridgehead atoms. The molecule has 0 unspecified atom stereocenters. The van der Waals surface area contributed by atoms with Crippen LogP contribution in [0.3, 0.4) is 0 Å². The van der Waals surface area contributed by atoms with Gasteiger partial charge in [0, 0.05) is 57.0 Å². The Morgan fingerprint density at radius 1 is 0.500 bits per heavy atom. The summed E-state index contributed by atoms with van der Waals surface area (Å²) in [4.78, 5) is 22.4. The summed E-state index contributed by atoms with van der Waals surface area (Å²) < 4.78 is 0. The van der Waals surface area contributed by atoms with Crippen molar-refractivity contribution in [3.05, 3.63) is 110 Å². The molecule has 0 saturated carbocycles. The van der Waals surface area contributed by atoms with E-state index < -0.39 is 0 Å². The van der Waals surface area contributed by atoms with Crippen molar-refractivity contribution in [1.29, 1.82) is 0 Å². The second kappa shape index (κ2) is 9.58. The van der Waals surface area contributed by atoms with Crippen LogP contribution in [0.4, 0.5) is 23.0 Å². The van der Waals surface area contributed by atoms with Gasteiger partial charge in [-0.25, -0.2) is 9.97 Å². The van der Waals surface area contributed by atoms with Crippen LogP contribution in [0.5, 0.6) is 0 Å². The molecule has 6 nitrogen and oxygen atoms in total. The fourth-order valence-corrected chi connectivity index (χ4v) is 3.90. The van der Waals surface area contributed by atoms with Gasteiger partial charge in [0.05, 0.1) is 22.8 Å². The summed E-state index contributed by atoms with van der Waals surface area (Å²) in [5.74, 6) is 1.66. The van der Waals surface area contributed by atoms with Crippen LogP contribution >= 0.6 is 0 Å². The maximum absolute atomic E-state index is 4.72. The molecule has 0 fully saturated rings. The Morgan fingerprint density at radius 2 is 0.971 bits per heavy atom. The van der Waals surface area contributed by atoms with Gasteiger partial charge in [0.15, 0.2) is 0 Å². The minimum absolute atomic E-state index is 0. The molecule has 5 aromatic rings. The zero-order valence-electron chi connectivity index (χ0n) is 18.0. The summed E-state index contributed by atoms with van der Waals surface area (Å²) in [5, 5.41) is 0. The van der Waals surface area contributed by atoms with Crippen molar-refractivity contribution in [2.24, 2.45) is 0 Å². The standard InChI is InChI=1S/C26H18BN6.Pt/c1-2-10-24-23(9-1)32(25-13-11-19(17-30-25)21-7-3-5-15-28-21)27-33(24)26-14-12-20(18-31-26)22-8-4-6-16-29-22;/h1-18H;. The van der Waals surface area contributed by atoms with Crippen LogP contribution in [0, 0.1) is 0 Å². The number of rotatable bonds is 4. The number of anilines is 4. The Kier molecular flexibility index (Phi) is 6.19. The number of nitrogens with zero attached hydrogens (tertiary/aromatic N) is 6. The van der Waals surface area contributed by atoms with E-state index >= 15 is 0 Å². The molecule has 5 heterocycles. The molecule has 165 valence electrons. The topological polar surface area (TPSA) is 58.0 Å². The molecular formula is C26H18BN6Pt. The Labute approximate surface area is 212 Å². The molecule has 1 aromatic carbocycles. The predicted octanol–water partition coefficient (Wildman–Crippen LogP) is 5.42. The molecule has 0 saturated heterocycles. The summed E-state index contributed by atoms with van der Waals surface area (Å²) >= 11 is 0. The van der Waals surface area contributed by atoms with E-state index in [1.165, 1.54) is 0 Å². The second-order valence-corrected chi connectivity index (χ2v) is 7.58. The summed E-state index contributed by atoms with van der Waals surface area (Å²) in [6.45, 7) is 0. The molecular weight excluding hydrogens is 602 g/mol. The summed E-state index contributed by atoms with van der Waals surface area (Å²) in [5.41, 5.74) is 5.87. The molecule has 1 aliphatic heterocycles. The van der Waals surface area contributed by atoms with Gasteiger partial charge in [0.2, 0.25) is 0 Å². The van der Waals surface area contributed by atoms with Gasteiger partial charge in [-0.1, -0.05) is 24.3 Å². The predicted molar refractivity (Wildman–Crippen MR) is 131 cm³/mol. The smallest absolute Gasteiger partial charge is 0.351 e. The molecule has 1 radical (unpaired) electrons.